The minimum Gasteiger partial charge on any atom is -0.465 e. The minimum atomic E-state index is -0.149. The van der Waals surface area contributed by atoms with Crippen molar-refractivity contribution in [2.75, 3.05) is 6.61 Å². The van der Waals surface area contributed by atoms with Gasteiger partial charge in [0.15, 0.2) is 0 Å². The quantitative estimate of drug-likeness (QED) is 0.498. The SMILES string of the molecule is C=C1C[C@]23CC=C4[C@](C)(COC(C)=O)CCC[C@]4(C)[C@H]2CC[C@H]1C3. The van der Waals surface area contributed by atoms with E-state index in [0.29, 0.717) is 17.4 Å². The van der Waals surface area contributed by atoms with E-state index in [0.717, 1.165) is 18.3 Å². The molecule has 2 bridgehead atoms. The van der Waals surface area contributed by atoms with Crippen LogP contribution in [0.15, 0.2) is 23.8 Å². The van der Waals surface area contributed by atoms with Gasteiger partial charge in [0.05, 0.1) is 0 Å². The Kier molecular flexibility index (Phi) is 3.57. The van der Waals surface area contributed by atoms with Gasteiger partial charge in [0.1, 0.15) is 6.61 Å². The lowest BCUT2D eigenvalue weighted by Crippen LogP contribution is -2.51. The van der Waals surface area contributed by atoms with E-state index in [-0.39, 0.29) is 11.4 Å². The molecule has 0 unspecified atom stereocenters. The monoisotopic (exact) mass is 328 g/mol. The van der Waals surface area contributed by atoms with Crippen LogP contribution in [0.4, 0.5) is 0 Å². The Morgan fingerprint density at radius 1 is 1.33 bits per heavy atom. The molecule has 0 aromatic rings. The topological polar surface area (TPSA) is 26.3 Å². The average molecular weight is 328 g/mol. The Morgan fingerprint density at radius 3 is 2.88 bits per heavy atom. The number of carbonyl (C=O) groups is 1. The smallest absolute Gasteiger partial charge is 0.302 e. The Morgan fingerprint density at radius 2 is 2.12 bits per heavy atom. The molecule has 2 nitrogen and oxygen atoms in total. The number of allylic oxidation sites excluding steroid dienone is 2. The van der Waals surface area contributed by atoms with Gasteiger partial charge in [-0.25, -0.2) is 0 Å². The third kappa shape index (κ3) is 2.17. The van der Waals surface area contributed by atoms with Crippen molar-refractivity contribution >= 4 is 5.97 Å². The maximum absolute atomic E-state index is 11.4. The highest BCUT2D eigenvalue weighted by Gasteiger charge is 2.60. The van der Waals surface area contributed by atoms with Gasteiger partial charge in [-0.05, 0) is 67.6 Å². The predicted octanol–water partition coefficient (Wildman–Crippen LogP) is 5.44. The van der Waals surface area contributed by atoms with Gasteiger partial charge in [0.25, 0.3) is 0 Å². The van der Waals surface area contributed by atoms with Crippen molar-refractivity contribution < 1.29 is 9.53 Å². The maximum atomic E-state index is 11.4. The Balaban J connectivity index is 1.71. The molecule has 0 aromatic carbocycles. The van der Waals surface area contributed by atoms with E-state index >= 15 is 0 Å². The van der Waals surface area contributed by atoms with Crippen LogP contribution < -0.4 is 0 Å². The molecule has 4 aliphatic carbocycles. The van der Waals surface area contributed by atoms with E-state index in [1.165, 1.54) is 57.4 Å². The molecule has 0 aliphatic heterocycles. The fourth-order valence-corrected chi connectivity index (χ4v) is 7.20. The molecule has 0 amide bonds. The Bertz CT molecular complexity index is 617. The molecule has 2 heteroatoms. The zero-order valence-corrected chi connectivity index (χ0v) is 15.6. The van der Waals surface area contributed by atoms with Crippen LogP contribution in [0.3, 0.4) is 0 Å². The standard InChI is InChI=1S/C22H32O2/c1-15-12-22-11-8-18-20(3,14-24-16(2)23)9-5-10-21(18,4)19(22)7-6-17(15)13-22/h8,17,19H,1,5-7,9-14H2,2-4H3/t17-,19+,20-,21-,22-/m0/s1. The second-order valence-corrected chi connectivity index (χ2v) is 9.66. The van der Waals surface area contributed by atoms with Gasteiger partial charge < -0.3 is 4.74 Å². The van der Waals surface area contributed by atoms with Crippen molar-refractivity contribution in [2.24, 2.45) is 28.1 Å². The van der Waals surface area contributed by atoms with Crippen LogP contribution >= 0.6 is 0 Å². The molecule has 5 atom stereocenters. The molecule has 3 fully saturated rings. The Labute approximate surface area is 146 Å². The van der Waals surface area contributed by atoms with Crippen LogP contribution in [0.2, 0.25) is 0 Å². The first-order chi connectivity index (χ1) is 11.3. The summed E-state index contributed by atoms with van der Waals surface area (Å²) in [6.45, 7) is 11.3. The number of rotatable bonds is 2. The summed E-state index contributed by atoms with van der Waals surface area (Å²) in [6, 6.07) is 0. The largest absolute Gasteiger partial charge is 0.465 e. The van der Waals surface area contributed by atoms with Gasteiger partial charge >= 0.3 is 5.97 Å². The summed E-state index contributed by atoms with van der Waals surface area (Å²) in [5, 5.41) is 0. The van der Waals surface area contributed by atoms with Gasteiger partial charge in [-0.3, -0.25) is 4.79 Å². The summed E-state index contributed by atoms with van der Waals surface area (Å²) in [5.74, 6) is 1.43. The van der Waals surface area contributed by atoms with E-state index in [4.69, 9.17) is 4.74 Å². The molecule has 0 heterocycles. The molecule has 0 aromatic heterocycles. The van der Waals surface area contributed by atoms with Crippen molar-refractivity contribution in [3.05, 3.63) is 23.8 Å². The van der Waals surface area contributed by atoms with E-state index in [1.54, 1.807) is 5.57 Å². The van der Waals surface area contributed by atoms with E-state index < -0.39 is 0 Å². The Hall–Kier alpha value is -1.05. The van der Waals surface area contributed by atoms with Gasteiger partial charge in [0, 0.05) is 12.3 Å². The lowest BCUT2D eigenvalue weighted by Gasteiger charge is -2.60. The first-order valence-electron chi connectivity index (χ1n) is 9.81. The third-order valence-electron chi connectivity index (χ3n) is 8.12. The van der Waals surface area contributed by atoms with Gasteiger partial charge in [-0.15, -0.1) is 0 Å². The zero-order chi connectivity index (χ0) is 17.2. The number of ether oxygens (including phenoxy) is 1. The van der Waals surface area contributed by atoms with Crippen molar-refractivity contribution in [1.82, 2.24) is 0 Å². The number of hydrogen-bond donors (Lipinski definition) is 0. The van der Waals surface area contributed by atoms with Crippen LogP contribution in [-0.2, 0) is 9.53 Å². The molecule has 24 heavy (non-hydrogen) atoms. The molecule has 0 radical (unpaired) electrons. The fraction of sp³-hybridized carbons (Fsp3) is 0.773. The van der Waals surface area contributed by atoms with E-state index in [1.807, 2.05) is 0 Å². The summed E-state index contributed by atoms with van der Waals surface area (Å²) in [5.41, 5.74) is 3.94. The third-order valence-corrected chi connectivity index (χ3v) is 8.12. The lowest BCUT2D eigenvalue weighted by molar-refractivity contribution is -0.145. The minimum absolute atomic E-state index is 0.0345. The highest BCUT2D eigenvalue weighted by molar-refractivity contribution is 5.66. The second-order valence-electron chi connectivity index (χ2n) is 9.66. The summed E-state index contributed by atoms with van der Waals surface area (Å²) < 4.78 is 5.50. The molecule has 4 rings (SSSR count). The van der Waals surface area contributed by atoms with Crippen LogP contribution in [0, 0.1) is 28.1 Å². The van der Waals surface area contributed by atoms with E-state index in [2.05, 4.69) is 26.5 Å². The van der Waals surface area contributed by atoms with Crippen LogP contribution in [0.1, 0.15) is 72.1 Å². The van der Waals surface area contributed by atoms with Crippen molar-refractivity contribution in [1.29, 1.82) is 0 Å². The number of esters is 1. The molecule has 1 spiro atoms. The number of carbonyl (C=O) groups excluding carboxylic acids is 1. The molecule has 132 valence electrons. The first kappa shape index (κ1) is 16.4. The van der Waals surface area contributed by atoms with Crippen molar-refractivity contribution in [3.8, 4) is 0 Å². The van der Waals surface area contributed by atoms with Crippen molar-refractivity contribution in [2.45, 2.75) is 72.1 Å². The van der Waals surface area contributed by atoms with Gasteiger partial charge in [-0.2, -0.15) is 0 Å². The van der Waals surface area contributed by atoms with Gasteiger partial charge in [-0.1, -0.05) is 44.1 Å². The average Bonchev–Trinajstić information content (AvgIpc) is 2.74. The van der Waals surface area contributed by atoms with Crippen LogP contribution in [-0.4, -0.2) is 12.6 Å². The molecular weight excluding hydrogens is 296 g/mol. The molecule has 0 N–H and O–H groups in total. The lowest BCUT2D eigenvalue weighted by atomic mass is 9.45. The molecule has 4 aliphatic rings. The molecular formula is C22H32O2. The zero-order valence-electron chi connectivity index (χ0n) is 15.6. The second kappa shape index (κ2) is 5.22. The van der Waals surface area contributed by atoms with Crippen molar-refractivity contribution in [3.63, 3.8) is 0 Å². The summed E-state index contributed by atoms with van der Waals surface area (Å²) in [4.78, 5) is 11.4. The summed E-state index contributed by atoms with van der Waals surface area (Å²) >= 11 is 0. The summed E-state index contributed by atoms with van der Waals surface area (Å²) in [6.07, 6.45) is 12.8. The molecule has 3 saturated carbocycles. The number of fused-ring (bicyclic) bond motifs is 3. The fourth-order valence-electron chi connectivity index (χ4n) is 7.20. The van der Waals surface area contributed by atoms with Crippen LogP contribution in [0.5, 0.6) is 0 Å². The predicted molar refractivity (Wildman–Crippen MR) is 96.4 cm³/mol. The first-order valence-corrected chi connectivity index (χ1v) is 9.81. The highest BCUT2D eigenvalue weighted by atomic mass is 16.5. The van der Waals surface area contributed by atoms with Gasteiger partial charge in [0.2, 0.25) is 0 Å². The van der Waals surface area contributed by atoms with E-state index in [9.17, 15) is 4.79 Å². The van der Waals surface area contributed by atoms with Crippen LogP contribution in [0.25, 0.3) is 0 Å². The normalized spacial score (nSPS) is 46.8. The maximum Gasteiger partial charge on any atom is 0.302 e. The summed E-state index contributed by atoms with van der Waals surface area (Å²) in [7, 11) is 0. The molecule has 0 saturated heterocycles. The highest BCUT2D eigenvalue weighted by Crippen LogP contribution is 2.70. The number of hydrogen-bond acceptors (Lipinski definition) is 2.